The minimum absolute atomic E-state index is 0.0174. The molecule has 11 heteroatoms. The zero-order chi connectivity index (χ0) is 29.1. The lowest BCUT2D eigenvalue weighted by atomic mass is 10.1. The van der Waals surface area contributed by atoms with Gasteiger partial charge in [-0.2, -0.15) is 5.26 Å². The largest absolute Gasteiger partial charge is 0.488 e. The van der Waals surface area contributed by atoms with Gasteiger partial charge >= 0.3 is 5.97 Å². The van der Waals surface area contributed by atoms with E-state index in [2.05, 4.69) is 14.5 Å². The van der Waals surface area contributed by atoms with E-state index in [0.717, 1.165) is 61.9 Å². The second kappa shape index (κ2) is 12.1. The van der Waals surface area contributed by atoms with Crippen LogP contribution in [-0.2, 0) is 24.4 Å². The van der Waals surface area contributed by atoms with Gasteiger partial charge in [-0.05, 0) is 67.8 Å². The second-order valence-corrected chi connectivity index (χ2v) is 10.5. The number of pyridine rings is 1. The summed E-state index contributed by atoms with van der Waals surface area (Å²) in [5.41, 5.74) is 2.62. The van der Waals surface area contributed by atoms with Gasteiger partial charge in [0.25, 0.3) is 0 Å². The van der Waals surface area contributed by atoms with Gasteiger partial charge in [-0.15, -0.1) is 0 Å². The summed E-state index contributed by atoms with van der Waals surface area (Å²) in [6, 6.07) is 14.7. The van der Waals surface area contributed by atoms with E-state index in [1.807, 2.05) is 12.1 Å². The van der Waals surface area contributed by atoms with Crippen molar-refractivity contribution in [1.82, 2.24) is 19.4 Å². The Labute approximate surface area is 241 Å². The highest BCUT2D eigenvalue weighted by Gasteiger charge is 2.26. The molecule has 0 bridgehead atoms. The normalized spacial score (nSPS) is 17.5. The third-order valence-electron chi connectivity index (χ3n) is 7.72. The highest BCUT2D eigenvalue weighted by molar-refractivity contribution is 5.92. The van der Waals surface area contributed by atoms with Crippen LogP contribution in [0.2, 0.25) is 0 Å². The van der Waals surface area contributed by atoms with E-state index in [4.69, 9.17) is 24.5 Å². The van der Waals surface area contributed by atoms with Crippen molar-refractivity contribution in [2.75, 3.05) is 19.7 Å². The molecule has 2 saturated heterocycles. The first kappa shape index (κ1) is 27.6. The molecular formula is C31H30FN5O5. The number of piperidine rings is 1. The number of hydrogen-bond donors (Lipinski definition) is 1. The Morgan fingerprint density at radius 3 is 2.69 bits per heavy atom. The third-order valence-corrected chi connectivity index (χ3v) is 7.72. The Kier molecular flexibility index (Phi) is 7.99. The number of carbonyl (C=O) groups is 1. The Morgan fingerprint density at radius 1 is 1.14 bits per heavy atom. The van der Waals surface area contributed by atoms with Crippen molar-refractivity contribution in [1.29, 1.82) is 5.26 Å². The van der Waals surface area contributed by atoms with Crippen molar-refractivity contribution in [3.05, 3.63) is 83.2 Å². The minimum Gasteiger partial charge on any atom is -0.488 e. The maximum atomic E-state index is 14.3. The molecule has 2 aliphatic rings. The van der Waals surface area contributed by atoms with Gasteiger partial charge in [-0.25, -0.2) is 14.2 Å². The predicted molar refractivity (Wildman–Crippen MR) is 150 cm³/mol. The first-order valence-corrected chi connectivity index (χ1v) is 14.0. The summed E-state index contributed by atoms with van der Waals surface area (Å²) < 4.78 is 34.0. The molecule has 6 rings (SSSR count). The molecule has 1 N–H and O–H groups in total. The Hall–Kier alpha value is -4.53. The molecular weight excluding hydrogens is 541 g/mol. The maximum Gasteiger partial charge on any atom is 0.335 e. The molecule has 42 heavy (non-hydrogen) atoms. The van der Waals surface area contributed by atoms with Crippen LogP contribution in [0.5, 0.6) is 11.5 Å². The summed E-state index contributed by atoms with van der Waals surface area (Å²) in [4.78, 5) is 23.1. The third kappa shape index (κ3) is 6.05. The van der Waals surface area contributed by atoms with Gasteiger partial charge < -0.3 is 23.9 Å². The number of halogens is 1. The molecule has 0 amide bonds. The zero-order valence-corrected chi connectivity index (χ0v) is 22.9. The topological polar surface area (TPSA) is 123 Å². The molecule has 2 aliphatic heterocycles. The number of likely N-dealkylation sites (tertiary alicyclic amines) is 1. The van der Waals surface area contributed by atoms with Crippen molar-refractivity contribution < 1.29 is 28.5 Å². The molecule has 0 unspecified atom stereocenters. The van der Waals surface area contributed by atoms with E-state index in [9.17, 15) is 14.3 Å². The second-order valence-electron chi connectivity index (χ2n) is 10.5. The lowest BCUT2D eigenvalue weighted by Crippen LogP contribution is -2.39. The number of aromatic carboxylic acids is 1. The number of fused-ring (bicyclic) bond motifs is 1. The van der Waals surface area contributed by atoms with Crippen molar-refractivity contribution in [2.45, 2.75) is 51.2 Å². The van der Waals surface area contributed by atoms with Crippen LogP contribution in [0.4, 0.5) is 4.39 Å². The van der Waals surface area contributed by atoms with E-state index in [1.54, 1.807) is 30.5 Å². The monoisotopic (exact) mass is 571 g/mol. The van der Waals surface area contributed by atoms with E-state index < -0.39 is 11.8 Å². The molecule has 0 spiro atoms. The molecule has 2 aromatic heterocycles. The molecule has 0 aliphatic carbocycles. The summed E-state index contributed by atoms with van der Waals surface area (Å²) in [7, 11) is 0. The summed E-state index contributed by atoms with van der Waals surface area (Å²) in [6.45, 7) is 3.67. The van der Waals surface area contributed by atoms with E-state index in [1.165, 1.54) is 12.1 Å². The summed E-state index contributed by atoms with van der Waals surface area (Å²) in [5.74, 6) is -0.0209. The quantitative estimate of drug-likeness (QED) is 0.292. The average Bonchev–Trinajstić information content (AvgIpc) is 3.31. The van der Waals surface area contributed by atoms with Gasteiger partial charge in [0.05, 0.1) is 47.4 Å². The van der Waals surface area contributed by atoms with Crippen molar-refractivity contribution >= 4 is 17.0 Å². The van der Waals surface area contributed by atoms with Gasteiger partial charge in [0, 0.05) is 25.9 Å². The van der Waals surface area contributed by atoms with Crippen LogP contribution in [0.15, 0.2) is 54.7 Å². The molecule has 10 nitrogen and oxygen atoms in total. The first-order chi connectivity index (χ1) is 20.5. The van der Waals surface area contributed by atoms with Crippen molar-refractivity contribution in [2.24, 2.45) is 0 Å². The van der Waals surface area contributed by atoms with Crippen LogP contribution < -0.4 is 9.47 Å². The average molecular weight is 572 g/mol. The van der Waals surface area contributed by atoms with Crippen LogP contribution in [-0.4, -0.2) is 62.4 Å². The molecule has 0 saturated carbocycles. The number of carboxylic acid groups (broad SMARTS) is 1. The van der Waals surface area contributed by atoms with Gasteiger partial charge in [0.15, 0.2) is 11.6 Å². The molecule has 216 valence electrons. The Balaban J connectivity index is 1.09. The van der Waals surface area contributed by atoms with E-state index in [0.29, 0.717) is 24.5 Å². The molecule has 4 heterocycles. The van der Waals surface area contributed by atoms with Gasteiger partial charge in [0.1, 0.15) is 30.0 Å². The van der Waals surface area contributed by atoms with Crippen molar-refractivity contribution in [3.63, 3.8) is 0 Å². The number of ether oxygens (including phenoxy) is 3. The Morgan fingerprint density at radius 2 is 1.98 bits per heavy atom. The van der Waals surface area contributed by atoms with E-state index in [-0.39, 0.29) is 35.7 Å². The predicted octanol–water partition coefficient (Wildman–Crippen LogP) is 4.55. The van der Waals surface area contributed by atoms with Crippen LogP contribution >= 0.6 is 0 Å². The Bertz CT molecular complexity index is 1640. The van der Waals surface area contributed by atoms with E-state index >= 15 is 0 Å². The highest BCUT2D eigenvalue weighted by atomic mass is 19.1. The fraction of sp³-hybridized carbons (Fsp3) is 0.355. The number of carboxylic acids is 1. The van der Waals surface area contributed by atoms with Gasteiger partial charge in [-0.3, -0.25) is 9.88 Å². The highest BCUT2D eigenvalue weighted by Crippen LogP contribution is 2.27. The summed E-state index contributed by atoms with van der Waals surface area (Å²) >= 11 is 0. The lowest BCUT2D eigenvalue weighted by Gasteiger charge is -2.33. The summed E-state index contributed by atoms with van der Waals surface area (Å²) in [6.07, 6.45) is 4.31. The zero-order valence-electron chi connectivity index (χ0n) is 22.9. The number of imidazole rings is 1. The lowest BCUT2D eigenvalue weighted by molar-refractivity contribution is -0.0592. The fourth-order valence-electron chi connectivity index (χ4n) is 5.30. The van der Waals surface area contributed by atoms with Gasteiger partial charge in [-0.1, -0.05) is 0 Å². The molecule has 2 aromatic carbocycles. The minimum atomic E-state index is -0.960. The molecule has 1 atom stereocenters. The molecule has 0 radical (unpaired) electrons. The number of hydrogen-bond acceptors (Lipinski definition) is 8. The number of rotatable bonds is 10. The smallest absolute Gasteiger partial charge is 0.335 e. The standard InChI is InChI=1S/C31H30FN5O5/c32-24-14-20(16-33)3-6-28(24)41-19-26-29(2-1-10-34-26)42-22-7-11-36(12-8-22)18-30-35-25-5-4-21(31(38)39)15-27(25)37(30)17-23-9-13-40-23/h1-6,10,14-15,22-23H,7-9,11-13,17-19H2,(H,38,39)/t23-/m0/s1. The van der Waals surface area contributed by atoms with Crippen LogP contribution in [0, 0.1) is 17.1 Å². The molecule has 2 fully saturated rings. The van der Waals surface area contributed by atoms with Gasteiger partial charge in [0.2, 0.25) is 0 Å². The maximum absolute atomic E-state index is 14.3. The summed E-state index contributed by atoms with van der Waals surface area (Å²) in [5, 5.41) is 18.4. The fourth-order valence-corrected chi connectivity index (χ4v) is 5.30. The molecule has 4 aromatic rings. The number of aromatic nitrogens is 3. The van der Waals surface area contributed by atoms with Crippen LogP contribution in [0.3, 0.4) is 0 Å². The SMILES string of the molecule is N#Cc1ccc(OCc2ncccc2OC2CCN(Cc3nc4ccc(C(=O)O)cc4n3C[C@@H]3CCO3)CC2)c(F)c1. The first-order valence-electron chi connectivity index (χ1n) is 14.0. The number of nitrogens with zero attached hydrogens (tertiary/aromatic N) is 5. The number of nitriles is 1. The van der Waals surface area contributed by atoms with Crippen LogP contribution in [0.25, 0.3) is 11.0 Å². The van der Waals surface area contributed by atoms with Crippen LogP contribution in [0.1, 0.15) is 46.7 Å². The van der Waals surface area contributed by atoms with Crippen molar-refractivity contribution in [3.8, 4) is 17.6 Å². The number of benzene rings is 2.